The Morgan fingerprint density at radius 2 is 2.15 bits per heavy atom. The molecule has 2 aliphatic heterocycles. The number of alkyl halides is 2. The van der Waals surface area contributed by atoms with Crippen LogP contribution in [-0.4, -0.2) is 72.4 Å². The Morgan fingerprint density at radius 3 is 2.82 bits per heavy atom. The number of ether oxygens (including phenoxy) is 1. The van der Waals surface area contributed by atoms with Crippen LogP contribution >= 0.6 is 0 Å². The normalized spacial score (nSPS) is 19.4. The van der Waals surface area contributed by atoms with Gasteiger partial charge in [-0.2, -0.15) is 5.26 Å². The Kier molecular flexibility index (Phi) is 5.61. The van der Waals surface area contributed by atoms with Gasteiger partial charge < -0.3 is 19.4 Å². The van der Waals surface area contributed by atoms with Gasteiger partial charge in [0.05, 0.1) is 23.9 Å². The van der Waals surface area contributed by atoms with Gasteiger partial charge in [0.1, 0.15) is 24.2 Å². The summed E-state index contributed by atoms with van der Waals surface area (Å²) >= 11 is 0. The Hall–Kier alpha value is -3.81. The van der Waals surface area contributed by atoms with Gasteiger partial charge in [-0.05, 0) is 19.1 Å². The second kappa shape index (κ2) is 8.27. The molecule has 1 aromatic carbocycles. The van der Waals surface area contributed by atoms with E-state index in [1.807, 2.05) is 6.07 Å². The number of carbonyl (C=O) groups is 2. The lowest BCUT2D eigenvalue weighted by atomic mass is 10.2. The highest BCUT2D eigenvalue weighted by Gasteiger charge is 2.40. The van der Waals surface area contributed by atoms with Crippen molar-refractivity contribution in [3.8, 4) is 11.8 Å². The third-order valence-corrected chi connectivity index (χ3v) is 5.86. The third-order valence-electron chi connectivity index (χ3n) is 5.86. The molecule has 1 atom stereocenters. The molecule has 172 valence electrons. The van der Waals surface area contributed by atoms with Crippen LogP contribution in [0.25, 0.3) is 0 Å². The van der Waals surface area contributed by atoms with Crippen molar-refractivity contribution in [3.63, 3.8) is 0 Å². The molecule has 0 spiro atoms. The van der Waals surface area contributed by atoms with Crippen LogP contribution in [0, 0.1) is 18.3 Å². The van der Waals surface area contributed by atoms with Crippen LogP contribution < -0.4 is 14.5 Å². The number of hydrogen-bond donors (Lipinski definition) is 0. The number of benzene rings is 1. The van der Waals surface area contributed by atoms with Gasteiger partial charge in [-0.25, -0.2) is 18.7 Å². The van der Waals surface area contributed by atoms with Crippen molar-refractivity contribution in [2.45, 2.75) is 25.3 Å². The first-order chi connectivity index (χ1) is 15.6. The van der Waals surface area contributed by atoms with Crippen molar-refractivity contribution in [3.05, 3.63) is 41.3 Å². The van der Waals surface area contributed by atoms with E-state index in [0.717, 1.165) is 0 Å². The molecule has 0 unspecified atom stereocenters. The number of hydrogen-bond acceptors (Lipinski definition) is 7. The minimum absolute atomic E-state index is 0.122. The minimum Gasteiger partial charge on any atom is -0.489 e. The maximum Gasteiger partial charge on any atom is 0.292 e. The summed E-state index contributed by atoms with van der Waals surface area (Å²) in [5.41, 5.74) is 1.43. The molecule has 11 heteroatoms. The molecule has 33 heavy (non-hydrogen) atoms. The Balaban J connectivity index is 1.58. The number of amides is 2. The highest BCUT2D eigenvalue weighted by atomic mass is 19.3. The van der Waals surface area contributed by atoms with Crippen LogP contribution in [0.2, 0.25) is 0 Å². The summed E-state index contributed by atoms with van der Waals surface area (Å²) in [6.45, 7) is 1.20. The number of carbonyl (C=O) groups excluding carboxylic acids is 2. The average Bonchev–Trinajstić information content (AvgIpc) is 3.11. The molecule has 1 fully saturated rings. The second-order valence-corrected chi connectivity index (χ2v) is 8.16. The standard InChI is InChI=1S/C22H22F2N6O3/c1-13-10-26-18(27-19(13)30-7-6-22(23,24)12-30)21(32)29(3)16-11-33-17-8-14(9-25)4-5-15(17)28(2)20(16)31/h4-5,8,10,16H,6-7,11-12H2,1-3H3/t16-/m0/s1. The number of aryl methyl sites for hydroxylation is 1. The molecule has 9 nitrogen and oxygen atoms in total. The van der Waals surface area contributed by atoms with Crippen LogP contribution in [0.3, 0.4) is 0 Å². The molecule has 0 saturated carbocycles. The lowest BCUT2D eigenvalue weighted by Gasteiger charge is -2.27. The Morgan fingerprint density at radius 1 is 1.39 bits per heavy atom. The molecule has 1 aromatic heterocycles. The summed E-state index contributed by atoms with van der Waals surface area (Å²) in [6.07, 6.45) is 1.13. The van der Waals surface area contributed by atoms with E-state index in [1.165, 1.54) is 34.0 Å². The zero-order valence-corrected chi connectivity index (χ0v) is 18.4. The number of halogens is 2. The molecule has 2 aliphatic rings. The van der Waals surface area contributed by atoms with Crippen molar-refractivity contribution in [1.29, 1.82) is 5.26 Å². The van der Waals surface area contributed by atoms with Gasteiger partial charge in [-0.1, -0.05) is 0 Å². The molecule has 0 bridgehead atoms. The number of rotatable bonds is 3. The van der Waals surface area contributed by atoms with Gasteiger partial charge in [-0.15, -0.1) is 0 Å². The van der Waals surface area contributed by atoms with Crippen molar-refractivity contribution >= 4 is 23.3 Å². The predicted octanol–water partition coefficient (Wildman–Crippen LogP) is 2.00. The fourth-order valence-electron chi connectivity index (χ4n) is 3.91. The fourth-order valence-corrected chi connectivity index (χ4v) is 3.91. The van der Waals surface area contributed by atoms with E-state index in [9.17, 15) is 18.4 Å². The maximum atomic E-state index is 13.7. The monoisotopic (exact) mass is 456 g/mol. The van der Waals surface area contributed by atoms with Crippen molar-refractivity contribution < 1.29 is 23.1 Å². The van der Waals surface area contributed by atoms with Gasteiger partial charge in [0.15, 0.2) is 0 Å². The molecule has 4 rings (SSSR count). The molecule has 1 saturated heterocycles. The quantitative estimate of drug-likeness (QED) is 0.696. The molecular formula is C22H22F2N6O3. The van der Waals surface area contributed by atoms with Crippen molar-refractivity contribution in [2.24, 2.45) is 0 Å². The summed E-state index contributed by atoms with van der Waals surface area (Å²) in [5, 5.41) is 9.12. The molecule has 2 aromatic rings. The fraction of sp³-hybridized carbons (Fsp3) is 0.409. The van der Waals surface area contributed by atoms with E-state index in [0.29, 0.717) is 22.6 Å². The van der Waals surface area contributed by atoms with Crippen LogP contribution in [0.5, 0.6) is 5.75 Å². The van der Waals surface area contributed by atoms with E-state index < -0.39 is 24.4 Å². The molecule has 2 amide bonds. The Labute approximate surface area is 189 Å². The number of nitrogens with zero attached hydrogens (tertiary/aromatic N) is 6. The lowest BCUT2D eigenvalue weighted by molar-refractivity contribution is -0.122. The van der Waals surface area contributed by atoms with E-state index in [-0.39, 0.29) is 37.1 Å². The smallest absolute Gasteiger partial charge is 0.292 e. The predicted molar refractivity (Wildman–Crippen MR) is 114 cm³/mol. The number of likely N-dealkylation sites (N-methyl/N-ethyl adjacent to an activating group) is 2. The first-order valence-corrected chi connectivity index (χ1v) is 10.3. The Bertz CT molecular complexity index is 1170. The van der Waals surface area contributed by atoms with Gasteiger partial charge in [0.25, 0.3) is 17.7 Å². The highest BCUT2D eigenvalue weighted by Crippen LogP contribution is 2.33. The van der Waals surface area contributed by atoms with Crippen LogP contribution in [0.15, 0.2) is 24.4 Å². The highest BCUT2D eigenvalue weighted by molar-refractivity contribution is 6.02. The average molecular weight is 456 g/mol. The number of fused-ring (bicyclic) bond motifs is 1. The van der Waals surface area contributed by atoms with E-state index in [2.05, 4.69) is 9.97 Å². The maximum absolute atomic E-state index is 13.7. The SMILES string of the molecule is Cc1cnc(C(=O)N(C)[C@H]2COc3cc(C#N)ccc3N(C)C2=O)nc1N1CCC(F)(F)C1. The summed E-state index contributed by atoms with van der Waals surface area (Å²) in [6, 6.07) is 5.75. The third kappa shape index (κ3) is 4.16. The zero-order valence-electron chi connectivity index (χ0n) is 18.4. The summed E-state index contributed by atoms with van der Waals surface area (Å²) < 4.78 is 33.1. The van der Waals surface area contributed by atoms with E-state index in [1.54, 1.807) is 26.1 Å². The summed E-state index contributed by atoms with van der Waals surface area (Å²) in [4.78, 5) is 38.6. The largest absolute Gasteiger partial charge is 0.489 e. The first-order valence-electron chi connectivity index (χ1n) is 10.3. The van der Waals surface area contributed by atoms with Gasteiger partial charge in [-0.3, -0.25) is 9.59 Å². The number of anilines is 2. The molecule has 0 aliphatic carbocycles. The molecule has 3 heterocycles. The zero-order chi connectivity index (χ0) is 23.9. The van der Waals surface area contributed by atoms with Gasteiger partial charge >= 0.3 is 0 Å². The summed E-state index contributed by atoms with van der Waals surface area (Å²) in [7, 11) is 2.99. The van der Waals surface area contributed by atoms with Crippen LogP contribution in [0.1, 0.15) is 28.2 Å². The van der Waals surface area contributed by atoms with Crippen LogP contribution in [-0.2, 0) is 4.79 Å². The molecule has 0 N–H and O–H groups in total. The number of nitriles is 1. The first kappa shape index (κ1) is 22.4. The van der Waals surface area contributed by atoms with Gasteiger partial charge in [0.2, 0.25) is 5.82 Å². The van der Waals surface area contributed by atoms with Crippen LogP contribution in [0.4, 0.5) is 20.3 Å². The second-order valence-electron chi connectivity index (χ2n) is 8.16. The summed E-state index contributed by atoms with van der Waals surface area (Å²) in [5.74, 6) is -3.40. The lowest BCUT2D eigenvalue weighted by Crippen LogP contribution is -2.50. The van der Waals surface area contributed by atoms with E-state index in [4.69, 9.17) is 10.00 Å². The van der Waals surface area contributed by atoms with Gasteiger partial charge in [0, 0.05) is 44.9 Å². The van der Waals surface area contributed by atoms with Crippen molar-refractivity contribution in [1.82, 2.24) is 14.9 Å². The molecule has 0 radical (unpaired) electrons. The topological polar surface area (TPSA) is 103 Å². The number of aromatic nitrogens is 2. The molecular weight excluding hydrogens is 434 g/mol. The van der Waals surface area contributed by atoms with Crippen molar-refractivity contribution in [2.75, 3.05) is 43.6 Å². The minimum atomic E-state index is -2.81. The van der Waals surface area contributed by atoms with E-state index >= 15 is 0 Å².